The fourth-order valence-electron chi connectivity index (χ4n) is 4.87. The van der Waals surface area contributed by atoms with Gasteiger partial charge in [0, 0.05) is 61.1 Å². The maximum atomic E-state index is 11.9. The molecule has 1 aliphatic carbocycles. The first-order valence-corrected chi connectivity index (χ1v) is 11.4. The Morgan fingerprint density at radius 3 is 2.88 bits per heavy atom. The lowest BCUT2D eigenvalue weighted by Gasteiger charge is -2.35. The van der Waals surface area contributed by atoms with Crippen molar-refractivity contribution in [1.82, 2.24) is 19.9 Å². The number of pyridine rings is 1. The molecule has 1 atom stereocenters. The number of aliphatic hydroxyl groups is 1. The van der Waals surface area contributed by atoms with Crippen molar-refractivity contribution in [3.05, 3.63) is 41.4 Å². The number of morpholine rings is 1. The summed E-state index contributed by atoms with van der Waals surface area (Å²) in [7, 11) is 0. The van der Waals surface area contributed by atoms with Crippen molar-refractivity contribution in [3.63, 3.8) is 0 Å². The van der Waals surface area contributed by atoms with Crippen molar-refractivity contribution in [1.29, 1.82) is 0 Å². The number of nitrogens with zero attached hydrogens (tertiary/aromatic N) is 5. The molecule has 2 aromatic heterocycles. The van der Waals surface area contributed by atoms with Gasteiger partial charge in [-0.15, -0.1) is 0 Å². The van der Waals surface area contributed by atoms with E-state index in [-0.39, 0.29) is 17.9 Å². The third-order valence-electron chi connectivity index (χ3n) is 6.70. The zero-order valence-corrected chi connectivity index (χ0v) is 18.4. The highest BCUT2D eigenvalue weighted by Gasteiger charge is 2.28. The maximum absolute atomic E-state index is 11.9. The molecule has 1 amide bonds. The van der Waals surface area contributed by atoms with Crippen LogP contribution in [0.15, 0.2) is 24.4 Å². The first-order chi connectivity index (χ1) is 15.6. The highest BCUT2D eigenvalue weighted by molar-refractivity contribution is 5.77. The highest BCUT2D eigenvalue weighted by Crippen LogP contribution is 2.34. The van der Waals surface area contributed by atoms with Crippen LogP contribution in [-0.4, -0.2) is 76.4 Å². The fraction of sp³-hybridized carbons (Fsp3) is 0.500. The van der Waals surface area contributed by atoms with Gasteiger partial charge in [0.2, 0.25) is 5.91 Å². The first-order valence-electron chi connectivity index (χ1n) is 11.4. The number of amides is 1. The van der Waals surface area contributed by atoms with E-state index in [1.165, 1.54) is 0 Å². The number of piperidine rings is 1. The number of ether oxygens (including phenoxy) is 1. The number of hydrogen-bond acceptors (Lipinski definition) is 7. The molecule has 168 valence electrons. The van der Waals surface area contributed by atoms with Crippen LogP contribution in [-0.2, 0) is 16.0 Å². The number of likely N-dealkylation sites (tertiary alicyclic amines) is 1. The number of anilines is 1. The second-order valence-electron chi connectivity index (χ2n) is 8.73. The van der Waals surface area contributed by atoms with Crippen LogP contribution in [0.3, 0.4) is 0 Å². The van der Waals surface area contributed by atoms with E-state index in [0.717, 1.165) is 60.0 Å². The molecule has 0 spiro atoms. The zero-order chi connectivity index (χ0) is 22.1. The van der Waals surface area contributed by atoms with Gasteiger partial charge < -0.3 is 19.6 Å². The molecule has 8 heteroatoms. The number of aromatic nitrogens is 3. The van der Waals surface area contributed by atoms with Crippen LogP contribution in [0.5, 0.6) is 0 Å². The maximum Gasteiger partial charge on any atom is 0.248 e. The lowest BCUT2D eigenvalue weighted by molar-refractivity contribution is -0.135. The highest BCUT2D eigenvalue weighted by atomic mass is 16.5. The van der Waals surface area contributed by atoms with Crippen LogP contribution in [0.1, 0.15) is 42.6 Å². The van der Waals surface area contributed by atoms with Crippen LogP contribution in [0, 0.1) is 0 Å². The number of aliphatic hydroxyl groups excluding tert-OH is 1. The van der Waals surface area contributed by atoms with Gasteiger partial charge in [0.05, 0.1) is 24.9 Å². The normalized spacial score (nSPS) is 21.1. The summed E-state index contributed by atoms with van der Waals surface area (Å²) in [6, 6.07) is 4.37. The molecule has 0 aromatic carbocycles. The van der Waals surface area contributed by atoms with E-state index in [1.54, 1.807) is 4.90 Å². The summed E-state index contributed by atoms with van der Waals surface area (Å²) in [6.07, 6.45) is 8.58. The molecule has 4 heterocycles. The predicted molar refractivity (Wildman–Crippen MR) is 121 cm³/mol. The van der Waals surface area contributed by atoms with E-state index in [2.05, 4.69) is 35.0 Å². The van der Waals surface area contributed by atoms with Crippen LogP contribution in [0.25, 0.3) is 17.5 Å². The SMILES string of the molecule is C[C@@H]1COCCN1c1cc(C2CCN(C(=O)CO)CC2)nc(-c2ccnc3c2C=CC3)n1. The van der Waals surface area contributed by atoms with Crippen molar-refractivity contribution in [2.45, 2.75) is 38.1 Å². The Kier molecular flexibility index (Phi) is 5.89. The molecule has 32 heavy (non-hydrogen) atoms. The molecular weight excluding hydrogens is 406 g/mol. The fourth-order valence-corrected chi connectivity index (χ4v) is 4.87. The molecule has 0 unspecified atom stereocenters. The van der Waals surface area contributed by atoms with E-state index in [0.29, 0.717) is 26.3 Å². The average Bonchev–Trinajstić information content (AvgIpc) is 3.33. The van der Waals surface area contributed by atoms with Gasteiger partial charge >= 0.3 is 0 Å². The average molecular weight is 436 g/mol. The summed E-state index contributed by atoms with van der Waals surface area (Å²) in [5.74, 6) is 1.71. The molecule has 2 aromatic rings. The van der Waals surface area contributed by atoms with Gasteiger partial charge in [0.1, 0.15) is 12.4 Å². The Bertz CT molecular complexity index is 1030. The van der Waals surface area contributed by atoms with Crippen LogP contribution in [0.4, 0.5) is 5.82 Å². The van der Waals surface area contributed by atoms with Crippen molar-refractivity contribution < 1.29 is 14.6 Å². The molecular formula is C24H29N5O3. The molecule has 0 saturated carbocycles. The van der Waals surface area contributed by atoms with Crippen LogP contribution >= 0.6 is 0 Å². The third kappa shape index (κ3) is 4.00. The summed E-state index contributed by atoms with van der Waals surface area (Å²) in [6.45, 7) is 5.18. The van der Waals surface area contributed by atoms with Crippen molar-refractivity contribution in [2.24, 2.45) is 0 Å². The summed E-state index contributed by atoms with van der Waals surface area (Å²) in [5, 5.41) is 9.18. The van der Waals surface area contributed by atoms with Crippen molar-refractivity contribution in [2.75, 3.05) is 44.4 Å². The van der Waals surface area contributed by atoms with Gasteiger partial charge in [0.15, 0.2) is 5.82 Å². The third-order valence-corrected chi connectivity index (χ3v) is 6.70. The van der Waals surface area contributed by atoms with E-state index < -0.39 is 6.61 Å². The topological polar surface area (TPSA) is 91.7 Å². The Balaban J connectivity index is 1.52. The Labute approximate surface area is 188 Å². The van der Waals surface area contributed by atoms with Gasteiger partial charge in [-0.3, -0.25) is 9.78 Å². The minimum absolute atomic E-state index is 0.200. The number of rotatable bonds is 4. The second kappa shape index (κ2) is 8.96. The molecule has 2 fully saturated rings. The standard InChI is InChI=1S/C24H29N5O3/c1-16-15-32-12-11-29(16)22-13-21(17-6-9-28(10-7-17)23(31)14-30)26-24(27-22)19-5-8-25-20-4-2-3-18(19)20/h2-3,5,8,13,16-17,30H,4,6-7,9-12,14-15H2,1H3/t16-/m1/s1. The molecule has 0 radical (unpaired) electrons. The van der Waals surface area contributed by atoms with E-state index in [9.17, 15) is 9.90 Å². The number of hydrogen-bond donors (Lipinski definition) is 1. The van der Waals surface area contributed by atoms with E-state index >= 15 is 0 Å². The molecule has 3 aliphatic rings. The minimum atomic E-state index is -0.429. The van der Waals surface area contributed by atoms with Gasteiger partial charge in [-0.05, 0) is 25.8 Å². The Morgan fingerprint density at radius 2 is 2.09 bits per heavy atom. The van der Waals surface area contributed by atoms with Gasteiger partial charge in [-0.25, -0.2) is 9.97 Å². The number of carbonyl (C=O) groups excluding carboxylic acids is 1. The smallest absolute Gasteiger partial charge is 0.248 e. The lowest BCUT2D eigenvalue weighted by atomic mass is 9.92. The summed E-state index contributed by atoms with van der Waals surface area (Å²) in [4.78, 5) is 30.5. The number of allylic oxidation sites excluding steroid dienone is 1. The van der Waals surface area contributed by atoms with Crippen LogP contribution < -0.4 is 4.90 Å². The lowest BCUT2D eigenvalue weighted by Crippen LogP contribution is -2.44. The molecule has 1 N–H and O–H groups in total. The van der Waals surface area contributed by atoms with Gasteiger partial charge in [-0.1, -0.05) is 12.2 Å². The first kappa shape index (κ1) is 21.0. The largest absolute Gasteiger partial charge is 0.387 e. The quantitative estimate of drug-likeness (QED) is 0.786. The Hall–Kier alpha value is -2.84. The summed E-state index contributed by atoms with van der Waals surface area (Å²) in [5.41, 5.74) is 4.20. The second-order valence-corrected chi connectivity index (χ2v) is 8.73. The van der Waals surface area contributed by atoms with Gasteiger partial charge in [-0.2, -0.15) is 0 Å². The summed E-state index contributed by atoms with van der Waals surface area (Å²) >= 11 is 0. The summed E-state index contributed by atoms with van der Waals surface area (Å²) < 4.78 is 5.64. The van der Waals surface area contributed by atoms with E-state index in [1.807, 2.05) is 12.3 Å². The monoisotopic (exact) mass is 435 g/mol. The molecule has 2 saturated heterocycles. The van der Waals surface area contributed by atoms with Crippen molar-refractivity contribution >= 4 is 17.8 Å². The molecule has 2 aliphatic heterocycles. The van der Waals surface area contributed by atoms with Gasteiger partial charge in [0.25, 0.3) is 0 Å². The molecule has 5 rings (SSSR count). The number of fused-ring (bicyclic) bond motifs is 1. The zero-order valence-electron chi connectivity index (χ0n) is 18.4. The minimum Gasteiger partial charge on any atom is -0.387 e. The van der Waals surface area contributed by atoms with E-state index in [4.69, 9.17) is 14.7 Å². The Morgan fingerprint density at radius 1 is 1.25 bits per heavy atom. The molecule has 0 bridgehead atoms. The number of carbonyl (C=O) groups is 1. The van der Waals surface area contributed by atoms with Crippen LogP contribution in [0.2, 0.25) is 0 Å². The predicted octanol–water partition coefficient (Wildman–Crippen LogP) is 2.03. The molecule has 8 nitrogen and oxygen atoms in total. The van der Waals surface area contributed by atoms with Crippen molar-refractivity contribution in [3.8, 4) is 11.4 Å².